The molecule has 0 radical (unpaired) electrons. The molecule has 0 unspecified atom stereocenters. The van der Waals surface area contributed by atoms with Crippen LogP contribution in [-0.4, -0.2) is 102 Å². The Kier molecular flexibility index (Phi) is 12.4. The van der Waals surface area contributed by atoms with Gasteiger partial charge in [0.2, 0.25) is 0 Å². The topological polar surface area (TPSA) is 344 Å². The highest BCUT2D eigenvalue weighted by molar-refractivity contribution is 6.08. The van der Waals surface area contributed by atoms with Crippen LogP contribution in [0, 0.1) is 0 Å². The molecule has 0 saturated carbocycles. The second-order valence-corrected chi connectivity index (χ2v) is 19.6. The van der Waals surface area contributed by atoms with Gasteiger partial charge in [-0.2, -0.15) is 0 Å². The first kappa shape index (κ1) is 51.7. The highest BCUT2D eigenvalue weighted by atomic mass is 16.0. The molecule has 8 aromatic carbocycles. The van der Waals surface area contributed by atoms with Gasteiger partial charge in [-0.1, -0.05) is 194 Å². The molecule has 14 aromatic rings. The van der Waals surface area contributed by atoms with Crippen molar-refractivity contribution in [3.8, 4) is 91.1 Å². The largest absolute Gasteiger partial charge is 0.412 e. The standard InChI is InChI=1S/2C32H18N8.4H2O/c2*1-2-10-18-17(9-1)25-33-26(18)38-28-21-13-5-6-14-22(21)30(35-28)40-32-24-16-8-7-15-23(24)31(36-32)39-29-20-12-4-3-11-19(20)27(34-29)37-25;;;;/h2*1-16H,(H2,33,34,35,36,37,38,39,40);4*1H2. The number of nitrogens with zero attached hydrogens (tertiary/aromatic N) is 12. The summed E-state index contributed by atoms with van der Waals surface area (Å²) < 4.78 is 0. The summed E-state index contributed by atoms with van der Waals surface area (Å²) in [5.41, 5.74) is 12.9. The van der Waals surface area contributed by atoms with Crippen LogP contribution in [0.25, 0.3) is 179 Å². The Labute approximate surface area is 473 Å². The molecule has 0 aliphatic carbocycles. The zero-order valence-electron chi connectivity index (χ0n) is 43.8. The van der Waals surface area contributed by atoms with Crippen LogP contribution in [0.2, 0.25) is 0 Å². The minimum absolute atomic E-state index is 0. The quantitative estimate of drug-likeness (QED) is 0.110. The van der Waals surface area contributed by atoms with Gasteiger partial charge in [-0.15, -0.1) is 0 Å². The Bertz CT molecular complexity index is 4410. The van der Waals surface area contributed by atoms with Gasteiger partial charge in [-0.3, -0.25) is 0 Å². The third-order valence-corrected chi connectivity index (χ3v) is 14.9. The molecule has 20 nitrogen and oxygen atoms in total. The van der Waals surface area contributed by atoms with Gasteiger partial charge < -0.3 is 41.8 Å². The van der Waals surface area contributed by atoms with Crippen molar-refractivity contribution in [1.82, 2.24) is 79.7 Å². The van der Waals surface area contributed by atoms with Gasteiger partial charge in [-0.25, -0.2) is 59.8 Å². The maximum Gasteiger partial charge on any atom is 0.164 e. The third-order valence-electron chi connectivity index (χ3n) is 14.9. The Hall–Kier alpha value is -11.7. The molecule has 0 spiro atoms. The maximum absolute atomic E-state index is 5.02. The van der Waals surface area contributed by atoms with Crippen LogP contribution in [-0.2, 0) is 0 Å². The molecule has 20 heteroatoms. The van der Waals surface area contributed by atoms with Crippen LogP contribution >= 0.6 is 0 Å². The molecule has 4 aliphatic rings. The Morgan fingerprint density at radius 3 is 0.405 bits per heavy atom. The van der Waals surface area contributed by atoms with Gasteiger partial charge in [0, 0.05) is 87.6 Å². The van der Waals surface area contributed by atoms with Gasteiger partial charge in [0.15, 0.2) is 46.6 Å². The van der Waals surface area contributed by atoms with Crippen molar-refractivity contribution in [1.29, 1.82) is 0 Å². The number of benzene rings is 8. The van der Waals surface area contributed by atoms with Crippen molar-refractivity contribution in [2.75, 3.05) is 0 Å². The summed E-state index contributed by atoms with van der Waals surface area (Å²) in [6.07, 6.45) is 0. The van der Waals surface area contributed by atoms with E-state index in [-0.39, 0.29) is 21.9 Å². The Morgan fingerprint density at radius 1 is 0.155 bits per heavy atom. The van der Waals surface area contributed by atoms with Crippen molar-refractivity contribution >= 4 is 88.3 Å². The van der Waals surface area contributed by atoms with Crippen LogP contribution < -0.4 is 0 Å². The fourth-order valence-electron chi connectivity index (χ4n) is 11.2. The summed E-state index contributed by atoms with van der Waals surface area (Å²) in [7, 11) is 0. The minimum Gasteiger partial charge on any atom is -0.412 e. The maximum atomic E-state index is 5.02. The van der Waals surface area contributed by atoms with Gasteiger partial charge >= 0.3 is 0 Å². The lowest BCUT2D eigenvalue weighted by Gasteiger charge is -1.96. The highest BCUT2D eigenvalue weighted by Crippen LogP contribution is 2.39. The number of hydrogen-bond acceptors (Lipinski definition) is 12. The lowest BCUT2D eigenvalue weighted by atomic mass is 10.1. The zero-order chi connectivity index (χ0) is 52.4. The molecule has 84 heavy (non-hydrogen) atoms. The first-order valence-electron chi connectivity index (χ1n) is 26.0. The lowest BCUT2D eigenvalue weighted by Crippen LogP contribution is -1.83. The van der Waals surface area contributed by atoms with Gasteiger partial charge in [-0.05, 0) is 0 Å². The fraction of sp³-hybridized carbons (Fsp3) is 0. The van der Waals surface area contributed by atoms with E-state index in [0.717, 1.165) is 87.6 Å². The smallest absolute Gasteiger partial charge is 0.164 e. The second kappa shape index (κ2) is 20.1. The predicted molar refractivity (Wildman–Crippen MR) is 327 cm³/mol. The average molecular weight is 1100 g/mol. The zero-order valence-corrected chi connectivity index (χ0v) is 43.8. The van der Waals surface area contributed by atoms with E-state index >= 15 is 0 Å². The number of rotatable bonds is 0. The van der Waals surface area contributed by atoms with E-state index in [1.165, 1.54) is 0 Å². The number of aromatic nitrogens is 16. The molecule has 404 valence electrons. The van der Waals surface area contributed by atoms with E-state index in [9.17, 15) is 0 Å². The highest BCUT2D eigenvalue weighted by Gasteiger charge is 2.24. The van der Waals surface area contributed by atoms with Gasteiger partial charge in [0.25, 0.3) is 0 Å². The molecule has 6 aromatic heterocycles. The number of fused-ring (bicyclic) bond motifs is 40. The molecule has 18 rings (SSSR count). The SMILES string of the molecule is O.O.O.O.c1ccc2c(c1)-c1nc-2nc2[nH]c(nc3nc(nc4[nH]c(n1)c1ccccc41)-c1ccccc1-3)c1ccccc21.c1ccc2c(c1)-c1nc-2nc2[nH]c(nc3nc(nc4[nH]c(n1)c1ccccc41)-c1ccccc1-3)c1ccccc21. The summed E-state index contributed by atoms with van der Waals surface area (Å²) in [5.74, 6) is 4.78. The summed E-state index contributed by atoms with van der Waals surface area (Å²) in [4.78, 5) is 73.5. The minimum atomic E-state index is 0. The van der Waals surface area contributed by atoms with Crippen molar-refractivity contribution in [2.24, 2.45) is 0 Å². The van der Waals surface area contributed by atoms with Crippen molar-refractivity contribution in [3.63, 3.8) is 0 Å². The van der Waals surface area contributed by atoms with E-state index in [1.54, 1.807) is 0 Å². The molecule has 0 amide bonds. The molecule has 0 saturated heterocycles. The molecule has 12 N–H and O–H groups in total. The molecule has 0 fully saturated rings. The van der Waals surface area contributed by atoms with Crippen molar-refractivity contribution in [2.45, 2.75) is 0 Å². The van der Waals surface area contributed by atoms with E-state index in [0.29, 0.717) is 91.8 Å². The normalized spacial score (nSPS) is 11.4. The first-order chi connectivity index (χ1) is 39.6. The molecule has 10 heterocycles. The summed E-state index contributed by atoms with van der Waals surface area (Å²) >= 11 is 0. The van der Waals surface area contributed by atoms with Crippen LogP contribution in [0.3, 0.4) is 0 Å². The number of aromatic amines is 4. The molecular formula is C64H44N16O4. The van der Waals surface area contributed by atoms with Crippen LogP contribution in [0.4, 0.5) is 0 Å². The fourth-order valence-corrected chi connectivity index (χ4v) is 11.2. The number of H-pyrrole nitrogens is 4. The second-order valence-electron chi connectivity index (χ2n) is 19.6. The molecule has 0 atom stereocenters. The van der Waals surface area contributed by atoms with Crippen molar-refractivity contribution < 1.29 is 21.9 Å². The molecular weight excluding hydrogens is 1060 g/mol. The summed E-state index contributed by atoms with van der Waals surface area (Å²) in [6.45, 7) is 0. The monoisotopic (exact) mass is 1100 g/mol. The third kappa shape index (κ3) is 8.09. The number of hydrogen-bond donors (Lipinski definition) is 4. The van der Waals surface area contributed by atoms with Crippen LogP contribution in [0.15, 0.2) is 194 Å². The number of nitrogens with one attached hydrogen (secondary N) is 4. The summed E-state index contributed by atoms with van der Waals surface area (Å²) in [6, 6.07) is 64.5. The lowest BCUT2D eigenvalue weighted by molar-refractivity contribution is 0.823. The van der Waals surface area contributed by atoms with E-state index in [2.05, 4.69) is 19.9 Å². The van der Waals surface area contributed by atoms with E-state index in [1.807, 2.05) is 194 Å². The van der Waals surface area contributed by atoms with Crippen LogP contribution in [0.5, 0.6) is 0 Å². The van der Waals surface area contributed by atoms with Gasteiger partial charge in [0.05, 0.1) is 0 Å². The predicted octanol–water partition coefficient (Wildman–Crippen LogP) is 10.4. The Morgan fingerprint density at radius 2 is 0.274 bits per heavy atom. The van der Waals surface area contributed by atoms with Crippen molar-refractivity contribution in [3.05, 3.63) is 194 Å². The van der Waals surface area contributed by atoms with E-state index in [4.69, 9.17) is 59.8 Å². The first-order valence-corrected chi connectivity index (χ1v) is 26.0. The summed E-state index contributed by atoms with van der Waals surface area (Å²) in [5, 5.41) is 7.64. The Balaban J connectivity index is 0.000000150. The average Bonchev–Trinajstić information content (AvgIpc) is 2.75. The molecule has 4 aliphatic heterocycles. The van der Waals surface area contributed by atoms with E-state index < -0.39 is 0 Å². The van der Waals surface area contributed by atoms with Gasteiger partial charge in [0.1, 0.15) is 45.2 Å². The van der Waals surface area contributed by atoms with Crippen LogP contribution in [0.1, 0.15) is 0 Å². The molecule has 16 bridgehead atoms.